The molecule has 2 rings (SSSR count). The summed E-state index contributed by atoms with van der Waals surface area (Å²) >= 11 is 12.1. The Bertz CT molecular complexity index is 416. The number of nitrogens with zero attached hydrogens (tertiary/aromatic N) is 3. The van der Waals surface area contributed by atoms with E-state index < -0.39 is 0 Å². The van der Waals surface area contributed by atoms with E-state index in [1.54, 1.807) is 30.1 Å². The van der Waals surface area contributed by atoms with E-state index >= 15 is 0 Å². The quantitative estimate of drug-likeness (QED) is 0.843. The molecule has 0 unspecified atom stereocenters. The Balaban J connectivity index is 2.37. The van der Waals surface area contributed by atoms with Gasteiger partial charge in [0.25, 0.3) is 0 Å². The lowest BCUT2D eigenvalue weighted by Gasteiger charge is -2.24. The second-order valence-electron chi connectivity index (χ2n) is 3.43. The molecule has 0 spiro atoms. The summed E-state index contributed by atoms with van der Waals surface area (Å²) in [7, 11) is 1.76. The van der Waals surface area contributed by atoms with Crippen molar-refractivity contribution in [3.63, 3.8) is 0 Å². The first kappa shape index (κ1) is 11.5. The molecule has 1 aliphatic heterocycles. The molecule has 1 N–H and O–H groups in total. The van der Waals surface area contributed by atoms with Gasteiger partial charge in [0, 0.05) is 7.05 Å². The minimum absolute atomic E-state index is 0.454. The van der Waals surface area contributed by atoms with E-state index in [0.29, 0.717) is 34.8 Å². The third kappa shape index (κ3) is 1.96. The van der Waals surface area contributed by atoms with E-state index in [9.17, 15) is 5.21 Å². The summed E-state index contributed by atoms with van der Waals surface area (Å²) in [6, 6.07) is 5.27. The van der Waals surface area contributed by atoms with E-state index in [-0.39, 0.29) is 0 Å². The van der Waals surface area contributed by atoms with Gasteiger partial charge in [0.1, 0.15) is 0 Å². The lowest BCUT2D eigenvalue weighted by molar-refractivity contribution is -0.00427. The number of aliphatic imine (C=N–C) groups is 1. The van der Waals surface area contributed by atoms with Crippen LogP contribution < -0.4 is 4.90 Å². The highest BCUT2D eigenvalue weighted by Gasteiger charge is 2.22. The molecule has 0 aliphatic carbocycles. The predicted octanol–water partition coefficient (Wildman–Crippen LogP) is 2.49. The largest absolute Gasteiger partial charge is 0.311 e. The van der Waals surface area contributed by atoms with Crippen LogP contribution in [0, 0.1) is 0 Å². The summed E-state index contributed by atoms with van der Waals surface area (Å²) in [4.78, 5) is 5.85. The predicted molar refractivity (Wildman–Crippen MR) is 65.7 cm³/mol. The zero-order chi connectivity index (χ0) is 11.7. The number of halogens is 2. The summed E-state index contributed by atoms with van der Waals surface area (Å²) in [6.45, 7) is 1.06. The molecule has 0 atom stereocenters. The van der Waals surface area contributed by atoms with Crippen molar-refractivity contribution in [2.75, 3.05) is 25.0 Å². The van der Waals surface area contributed by atoms with Crippen LogP contribution in [-0.2, 0) is 0 Å². The van der Waals surface area contributed by atoms with Gasteiger partial charge in [-0.05, 0) is 12.1 Å². The fraction of sp³-hybridized carbons (Fsp3) is 0.300. The second kappa shape index (κ2) is 4.49. The minimum atomic E-state index is 0.454. The standard InChI is InChI=1S/C10H11Cl2N3O/c1-14(10-13-5-6-15(10)16)9-7(11)3-2-4-8(9)12/h2-4,16H,5-6H2,1H3. The molecule has 0 amide bonds. The Hall–Kier alpha value is -0.970. The van der Waals surface area contributed by atoms with Gasteiger partial charge < -0.3 is 4.90 Å². The topological polar surface area (TPSA) is 39.1 Å². The molecule has 1 heterocycles. The van der Waals surface area contributed by atoms with Gasteiger partial charge in [-0.2, -0.15) is 0 Å². The molecular weight excluding hydrogens is 249 g/mol. The number of hydrogen-bond acceptors (Lipinski definition) is 4. The van der Waals surface area contributed by atoms with Crippen LogP contribution in [0.1, 0.15) is 0 Å². The van der Waals surface area contributed by atoms with Gasteiger partial charge in [-0.3, -0.25) is 5.21 Å². The van der Waals surface area contributed by atoms with Crippen molar-refractivity contribution in [2.45, 2.75) is 0 Å². The fourth-order valence-electron chi connectivity index (χ4n) is 1.62. The van der Waals surface area contributed by atoms with E-state index in [2.05, 4.69) is 4.99 Å². The number of guanidine groups is 1. The molecule has 1 aliphatic rings. The lowest BCUT2D eigenvalue weighted by Crippen LogP contribution is -2.38. The molecule has 0 radical (unpaired) electrons. The molecule has 0 saturated carbocycles. The van der Waals surface area contributed by atoms with Gasteiger partial charge >= 0.3 is 0 Å². The van der Waals surface area contributed by atoms with Crippen molar-refractivity contribution in [3.05, 3.63) is 28.2 Å². The molecule has 0 aromatic heterocycles. The molecule has 86 valence electrons. The van der Waals surface area contributed by atoms with Gasteiger partial charge in [-0.15, -0.1) is 0 Å². The number of hydroxylamine groups is 2. The van der Waals surface area contributed by atoms with E-state index in [0.717, 1.165) is 5.06 Å². The minimum Gasteiger partial charge on any atom is -0.311 e. The molecule has 1 aromatic rings. The van der Waals surface area contributed by atoms with Crippen LogP contribution in [0.2, 0.25) is 10.0 Å². The lowest BCUT2D eigenvalue weighted by atomic mass is 10.3. The first-order valence-electron chi connectivity index (χ1n) is 4.80. The zero-order valence-electron chi connectivity index (χ0n) is 8.69. The Morgan fingerprint density at radius 2 is 2.00 bits per heavy atom. The molecule has 16 heavy (non-hydrogen) atoms. The zero-order valence-corrected chi connectivity index (χ0v) is 10.2. The normalized spacial score (nSPS) is 15.2. The molecule has 4 nitrogen and oxygen atoms in total. The van der Waals surface area contributed by atoms with Crippen LogP contribution in [0.15, 0.2) is 23.2 Å². The SMILES string of the molecule is CN(C1=NCCN1O)c1c(Cl)cccc1Cl. The second-order valence-corrected chi connectivity index (χ2v) is 4.25. The van der Waals surface area contributed by atoms with Crippen molar-refractivity contribution in [3.8, 4) is 0 Å². The maximum Gasteiger partial charge on any atom is 0.225 e. The van der Waals surface area contributed by atoms with Crippen LogP contribution in [0.4, 0.5) is 5.69 Å². The summed E-state index contributed by atoms with van der Waals surface area (Å²) in [6.07, 6.45) is 0. The van der Waals surface area contributed by atoms with Crippen molar-refractivity contribution < 1.29 is 5.21 Å². The highest BCUT2D eigenvalue weighted by atomic mass is 35.5. The molecule has 0 saturated heterocycles. The first-order valence-corrected chi connectivity index (χ1v) is 5.55. The highest BCUT2D eigenvalue weighted by Crippen LogP contribution is 2.33. The van der Waals surface area contributed by atoms with Gasteiger partial charge in [-0.1, -0.05) is 29.3 Å². The van der Waals surface area contributed by atoms with Gasteiger partial charge in [0.2, 0.25) is 5.96 Å². The maximum atomic E-state index is 9.58. The summed E-state index contributed by atoms with van der Waals surface area (Å²) in [5, 5.41) is 11.7. The van der Waals surface area contributed by atoms with Crippen LogP contribution in [0.5, 0.6) is 0 Å². The van der Waals surface area contributed by atoms with Crippen LogP contribution in [-0.4, -0.2) is 36.4 Å². The fourth-order valence-corrected chi connectivity index (χ4v) is 2.27. The third-order valence-electron chi connectivity index (χ3n) is 2.37. The number of benzene rings is 1. The average Bonchev–Trinajstić information content (AvgIpc) is 2.64. The van der Waals surface area contributed by atoms with Crippen molar-refractivity contribution in [1.29, 1.82) is 0 Å². The van der Waals surface area contributed by atoms with Crippen LogP contribution in [0.3, 0.4) is 0 Å². The third-order valence-corrected chi connectivity index (χ3v) is 2.98. The first-order chi connectivity index (χ1) is 7.61. The van der Waals surface area contributed by atoms with Gasteiger partial charge in [-0.25, -0.2) is 10.1 Å². The number of rotatable bonds is 1. The van der Waals surface area contributed by atoms with Gasteiger partial charge in [0.15, 0.2) is 0 Å². The number of anilines is 1. The maximum absolute atomic E-state index is 9.58. The van der Waals surface area contributed by atoms with Gasteiger partial charge in [0.05, 0.1) is 28.8 Å². The summed E-state index contributed by atoms with van der Waals surface area (Å²) in [5.74, 6) is 0.454. The number of hydrogen-bond donors (Lipinski definition) is 1. The summed E-state index contributed by atoms with van der Waals surface area (Å²) < 4.78 is 0. The monoisotopic (exact) mass is 259 g/mol. The average molecular weight is 260 g/mol. The summed E-state index contributed by atoms with van der Waals surface area (Å²) in [5.41, 5.74) is 0.644. The molecule has 6 heteroatoms. The Morgan fingerprint density at radius 1 is 1.38 bits per heavy atom. The Morgan fingerprint density at radius 3 is 2.50 bits per heavy atom. The van der Waals surface area contributed by atoms with E-state index in [4.69, 9.17) is 23.2 Å². The van der Waals surface area contributed by atoms with Crippen molar-refractivity contribution in [2.24, 2.45) is 4.99 Å². The van der Waals surface area contributed by atoms with Crippen LogP contribution >= 0.6 is 23.2 Å². The van der Waals surface area contributed by atoms with Crippen molar-refractivity contribution >= 4 is 34.8 Å². The van der Waals surface area contributed by atoms with E-state index in [1.165, 1.54) is 0 Å². The Kier molecular flexibility index (Phi) is 3.23. The molecule has 1 aromatic carbocycles. The highest BCUT2D eigenvalue weighted by molar-refractivity contribution is 6.39. The molecule has 0 fully saturated rings. The smallest absolute Gasteiger partial charge is 0.225 e. The van der Waals surface area contributed by atoms with Crippen molar-refractivity contribution in [1.82, 2.24) is 5.06 Å². The number of para-hydroxylation sites is 1. The van der Waals surface area contributed by atoms with Crippen LogP contribution in [0.25, 0.3) is 0 Å². The molecule has 0 bridgehead atoms. The Labute approximate surface area is 104 Å². The molecular formula is C10H11Cl2N3O. The van der Waals surface area contributed by atoms with E-state index in [1.807, 2.05) is 0 Å².